The molecule has 0 aliphatic heterocycles. The average molecular weight is 338 g/mol. The fourth-order valence-electron chi connectivity index (χ4n) is 2.65. The molecule has 0 atom stereocenters. The Hall–Kier alpha value is -2.82. The molecule has 0 radical (unpaired) electrons. The quantitative estimate of drug-likeness (QED) is 0.628. The number of nitrogens with zero attached hydrogens (tertiary/aromatic N) is 2. The predicted octanol–water partition coefficient (Wildman–Crippen LogP) is 2.30. The van der Waals surface area contributed by atoms with E-state index in [-0.39, 0.29) is 5.91 Å². The maximum Gasteiger partial charge on any atom is 0.251 e. The van der Waals surface area contributed by atoms with E-state index in [0.717, 1.165) is 31.0 Å². The number of guanidine groups is 1. The Labute approximate surface area is 149 Å². The first-order valence-corrected chi connectivity index (χ1v) is 8.40. The fourth-order valence-corrected chi connectivity index (χ4v) is 2.65. The maximum atomic E-state index is 11.7. The molecule has 2 aromatic rings. The van der Waals surface area contributed by atoms with Gasteiger partial charge >= 0.3 is 0 Å². The molecule has 132 valence electrons. The minimum absolute atomic E-state index is 0.0618. The van der Waals surface area contributed by atoms with Crippen LogP contribution >= 0.6 is 0 Å². The highest BCUT2D eigenvalue weighted by Crippen LogP contribution is 2.06. The molecule has 0 aromatic heterocycles. The summed E-state index contributed by atoms with van der Waals surface area (Å²) in [5.74, 6) is 0.791. The van der Waals surface area contributed by atoms with Crippen molar-refractivity contribution in [3.8, 4) is 0 Å². The van der Waals surface area contributed by atoms with Crippen LogP contribution in [0, 0.1) is 0 Å². The second-order valence-electron chi connectivity index (χ2n) is 5.85. The topological polar surface area (TPSA) is 56.7 Å². The zero-order chi connectivity index (χ0) is 18.1. The molecule has 0 saturated carbocycles. The highest BCUT2D eigenvalue weighted by atomic mass is 16.1. The molecular weight excluding hydrogens is 312 g/mol. The highest BCUT2D eigenvalue weighted by molar-refractivity contribution is 5.94. The lowest BCUT2D eigenvalue weighted by atomic mass is 10.1. The van der Waals surface area contributed by atoms with Crippen molar-refractivity contribution in [1.29, 1.82) is 0 Å². The van der Waals surface area contributed by atoms with Crippen LogP contribution in [0.5, 0.6) is 0 Å². The number of hydrogen-bond acceptors (Lipinski definition) is 2. The van der Waals surface area contributed by atoms with Crippen LogP contribution < -0.4 is 10.6 Å². The summed E-state index contributed by atoms with van der Waals surface area (Å²) in [5.41, 5.74) is 3.05. The van der Waals surface area contributed by atoms with Gasteiger partial charge in [0.2, 0.25) is 0 Å². The first-order valence-electron chi connectivity index (χ1n) is 8.40. The van der Waals surface area contributed by atoms with Gasteiger partial charge in [-0.2, -0.15) is 0 Å². The van der Waals surface area contributed by atoms with Crippen LogP contribution in [0.4, 0.5) is 0 Å². The van der Waals surface area contributed by atoms with Crippen LogP contribution in [-0.2, 0) is 13.0 Å². The average Bonchev–Trinajstić information content (AvgIpc) is 2.65. The van der Waals surface area contributed by atoms with E-state index >= 15 is 0 Å². The predicted molar refractivity (Wildman–Crippen MR) is 103 cm³/mol. The van der Waals surface area contributed by atoms with Gasteiger partial charge in [0.25, 0.3) is 5.91 Å². The van der Waals surface area contributed by atoms with E-state index < -0.39 is 0 Å². The van der Waals surface area contributed by atoms with Crippen LogP contribution in [0.25, 0.3) is 0 Å². The monoisotopic (exact) mass is 338 g/mol. The number of hydrogen-bond donors (Lipinski definition) is 2. The van der Waals surface area contributed by atoms with E-state index in [1.165, 1.54) is 5.56 Å². The first-order chi connectivity index (χ1) is 12.1. The smallest absolute Gasteiger partial charge is 0.251 e. The van der Waals surface area contributed by atoms with Crippen molar-refractivity contribution in [1.82, 2.24) is 15.5 Å². The van der Waals surface area contributed by atoms with E-state index in [9.17, 15) is 4.79 Å². The van der Waals surface area contributed by atoms with Crippen LogP contribution in [0.15, 0.2) is 59.6 Å². The van der Waals surface area contributed by atoms with Gasteiger partial charge in [-0.3, -0.25) is 9.79 Å². The summed E-state index contributed by atoms with van der Waals surface area (Å²) in [4.78, 5) is 18.1. The molecule has 0 aliphatic rings. The summed E-state index contributed by atoms with van der Waals surface area (Å²) in [6.45, 7) is 1.55. The summed E-state index contributed by atoms with van der Waals surface area (Å²) in [6, 6.07) is 18.0. The van der Waals surface area contributed by atoms with Crippen molar-refractivity contribution in [2.45, 2.75) is 13.0 Å². The molecule has 5 nitrogen and oxygen atoms in total. The van der Waals surface area contributed by atoms with Gasteiger partial charge in [0.1, 0.15) is 0 Å². The Morgan fingerprint density at radius 2 is 1.80 bits per heavy atom. The Morgan fingerprint density at radius 3 is 2.48 bits per heavy atom. The van der Waals surface area contributed by atoms with Gasteiger partial charge in [-0.1, -0.05) is 42.5 Å². The second kappa shape index (κ2) is 9.47. The van der Waals surface area contributed by atoms with E-state index in [1.54, 1.807) is 14.1 Å². The molecule has 2 aromatic carbocycles. The molecule has 0 heterocycles. The van der Waals surface area contributed by atoms with Crippen molar-refractivity contribution >= 4 is 11.9 Å². The van der Waals surface area contributed by atoms with E-state index in [2.05, 4.69) is 32.7 Å². The third-order valence-electron chi connectivity index (χ3n) is 3.95. The number of carbonyl (C=O) groups is 1. The standard InChI is InChI=1S/C20H26N4O/c1-21-19(25)18-11-7-10-16(14-18)12-13-23-20(22-2)24(3)15-17-8-5-4-6-9-17/h4-11,14H,12-13,15H2,1-3H3,(H,21,25)(H,22,23). The third-order valence-corrected chi connectivity index (χ3v) is 3.95. The van der Waals surface area contributed by atoms with Gasteiger partial charge in [-0.15, -0.1) is 0 Å². The SMILES string of the molecule is CN=C(NCCc1cccc(C(=O)NC)c1)N(C)Cc1ccccc1. The molecule has 2 N–H and O–H groups in total. The van der Waals surface area contributed by atoms with Gasteiger partial charge in [-0.25, -0.2) is 0 Å². The fraction of sp³-hybridized carbons (Fsp3) is 0.300. The molecule has 1 amide bonds. The summed E-state index contributed by atoms with van der Waals surface area (Å²) in [5, 5.41) is 6.03. The molecule has 5 heteroatoms. The van der Waals surface area contributed by atoms with Crippen molar-refractivity contribution in [2.75, 3.05) is 27.7 Å². The highest BCUT2D eigenvalue weighted by Gasteiger charge is 2.07. The van der Waals surface area contributed by atoms with Gasteiger partial charge < -0.3 is 15.5 Å². The van der Waals surface area contributed by atoms with E-state index in [1.807, 2.05) is 49.5 Å². The molecular formula is C20H26N4O. The lowest BCUT2D eigenvalue weighted by Crippen LogP contribution is -2.39. The zero-order valence-electron chi connectivity index (χ0n) is 15.1. The molecule has 2 rings (SSSR count). The molecule has 0 bridgehead atoms. The second-order valence-corrected chi connectivity index (χ2v) is 5.85. The third kappa shape index (κ3) is 5.64. The van der Waals surface area contributed by atoms with Crippen molar-refractivity contribution < 1.29 is 4.79 Å². The largest absolute Gasteiger partial charge is 0.356 e. The molecule has 25 heavy (non-hydrogen) atoms. The number of rotatable bonds is 6. The van der Waals surface area contributed by atoms with Crippen LogP contribution in [0.1, 0.15) is 21.5 Å². The van der Waals surface area contributed by atoms with E-state index in [0.29, 0.717) is 5.56 Å². The Kier molecular flexibility index (Phi) is 7.01. The number of amides is 1. The van der Waals surface area contributed by atoms with Gasteiger partial charge in [0, 0.05) is 39.8 Å². The van der Waals surface area contributed by atoms with Gasteiger partial charge in [0.15, 0.2) is 5.96 Å². The Morgan fingerprint density at radius 1 is 1.08 bits per heavy atom. The van der Waals surface area contributed by atoms with Crippen molar-refractivity contribution in [3.05, 3.63) is 71.3 Å². The summed E-state index contributed by atoms with van der Waals surface area (Å²) in [7, 11) is 5.45. The molecule has 0 aliphatic carbocycles. The summed E-state index contributed by atoms with van der Waals surface area (Å²) >= 11 is 0. The number of nitrogens with one attached hydrogen (secondary N) is 2. The number of carbonyl (C=O) groups excluding carboxylic acids is 1. The molecule has 0 spiro atoms. The lowest BCUT2D eigenvalue weighted by Gasteiger charge is -2.22. The Balaban J connectivity index is 1.88. The molecule has 0 saturated heterocycles. The van der Waals surface area contributed by atoms with Crippen LogP contribution in [-0.4, -0.2) is 44.5 Å². The molecule has 0 unspecified atom stereocenters. The van der Waals surface area contributed by atoms with E-state index in [4.69, 9.17) is 0 Å². The van der Waals surface area contributed by atoms with Crippen LogP contribution in [0.2, 0.25) is 0 Å². The number of benzene rings is 2. The lowest BCUT2D eigenvalue weighted by molar-refractivity contribution is 0.0963. The maximum absolute atomic E-state index is 11.7. The zero-order valence-corrected chi connectivity index (χ0v) is 15.1. The van der Waals surface area contributed by atoms with Crippen molar-refractivity contribution in [2.24, 2.45) is 4.99 Å². The summed E-state index contributed by atoms with van der Waals surface area (Å²) < 4.78 is 0. The number of aliphatic imine (C=N–C) groups is 1. The first kappa shape index (κ1) is 18.5. The van der Waals surface area contributed by atoms with Gasteiger partial charge in [-0.05, 0) is 29.7 Å². The molecule has 0 fully saturated rings. The van der Waals surface area contributed by atoms with Gasteiger partial charge in [0.05, 0.1) is 0 Å². The minimum atomic E-state index is -0.0618. The summed E-state index contributed by atoms with van der Waals surface area (Å²) in [6.07, 6.45) is 0.822. The normalized spacial score (nSPS) is 11.1. The van der Waals surface area contributed by atoms with Crippen molar-refractivity contribution in [3.63, 3.8) is 0 Å². The minimum Gasteiger partial charge on any atom is -0.356 e. The van der Waals surface area contributed by atoms with Crippen LogP contribution in [0.3, 0.4) is 0 Å². The Bertz CT molecular complexity index is 713.